The number of ether oxygens (including phenoxy) is 1. The zero-order valence-electron chi connectivity index (χ0n) is 9.37. The molecule has 0 spiro atoms. The summed E-state index contributed by atoms with van der Waals surface area (Å²) in [6, 6.07) is 8.31. The lowest BCUT2D eigenvalue weighted by atomic mass is 10.2. The Morgan fingerprint density at radius 1 is 1.22 bits per heavy atom. The molecule has 1 aromatic carbocycles. The van der Waals surface area contributed by atoms with E-state index in [1.165, 1.54) is 6.07 Å². The van der Waals surface area contributed by atoms with Gasteiger partial charge < -0.3 is 4.74 Å². The lowest BCUT2D eigenvalue weighted by molar-refractivity contribution is 0.298. The molecule has 94 valence electrons. The van der Waals surface area contributed by atoms with E-state index in [-0.39, 0.29) is 11.6 Å². The van der Waals surface area contributed by atoms with Gasteiger partial charge in [0.25, 0.3) is 0 Å². The Labute approximate surface area is 114 Å². The number of alkyl halides is 1. The average Bonchev–Trinajstić information content (AvgIpc) is 2.41. The molecule has 2 rings (SSSR count). The van der Waals surface area contributed by atoms with Crippen LogP contribution in [0.3, 0.4) is 0 Å². The first kappa shape index (κ1) is 13.1. The van der Waals surface area contributed by atoms with E-state index in [2.05, 4.69) is 4.98 Å². The van der Waals surface area contributed by atoms with Crippen LogP contribution in [0.2, 0.25) is 5.02 Å². The third-order valence-electron chi connectivity index (χ3n) is 2.36. The number of hydrogen-bond acceptors (Lipinski definition) is 2. The molecule has 0 amide bonds. The van der Waals surface area contributed by atoms with Gasteiger partial charge in [0.15, 0.2) is 0 Å². The van der Waals surface area contributed by atoms with Crippen LogP contribution in [0.15, 0.2) is 36.5 Å². The summed E-state index contributed by atoms with van der Waals surface area (Å²) in [6.45, 7) is 0.105. The van der Waals surface area contributed by atoms with E-state index in [4.69, 9.17) is 27.9 Å². The van der Waals surface area contributed by atoms with Gasteiger partial charge in [-0.05, 0) is 18.2 Å². The van der Waals surface area contributed by atoms with E-state index in [9.17, 15) is 4.39 Å². The maximum atomic E-state index is 13.6. The van der Waals surface area contributed by atoms with Crippen molar-refractivity contribution in [3.8, 4) is 5.75 Å². The molecule has 0 radical (unpaired) electrons. The Kier molecular flexibility index (Phi) is 4.39. The number of benzene rings is 1. The topological polar surface area (TPSA) is 22.1 Å². The highest BCUT2D eigenvalue weighted by atomic mass is 35.5. The molecule has 0 saturated carbocycles. The Hall–Kier alpha value is -1.32. The van der Waals surface area contributed by atoms with Crippen molar-refractivity contribution < 1.29 is 9.13 Å². The van der Waals surface area contributed by atoms with Crippen molar-refractivity contribution in [1.29, 1.82) is 0 Å². The van der Waals surface area contributed by atoms with Gasteiger partial charge in [-0.3, -0.25) is 4.98 Å². The summed E-state index contributed by atoms with van der Waals surface area (Å²) in [6.07, 6.45) is 1.56. The van der Waals surface area contributed by atoms with Crippen LogP contribution in [0.4, 0.5) is 4.39 Å². The fourth-order valence-corrected chi connectivity index (χ4v) is 1.75. The second-order valence-corrected chi connectivity index (χ2v) is 4.29. The average molecular weight is 286 g/mol. The fourth-order valence-electron chi connectivity index (χ4n) is 1.40. The monoisotopic (exact) mass is 285 g/mol. The summed E-state index contributed by atoms with van der Waals surface area (Å²) < 4.78 is 19.0. The maximum absolute atomic E-state index is 13.6. The van der Waals surface area contributed by atoms with E-state index in [0.717, 1.165) is 5.69 Å². The van der Waals surface area contributed by atoms with Crippen LogP contribution in [0.1, 0.15) is 11.3 Å². The van der Waals surface area contributed by atoms with Crippen molar-refractivity contribution >= 4 is 23.2 Å². The molecule has 0 aliphatic carbocycles. The number of rotatable bonds is 4. The normalized spacial score (nSPS) is 10.4. The largest absolute Gasteiger partial charge is 0.487 e. The summed E-state index contributed by atoms with van der Waals surface area (Å²) in [5, 5.41) is 0.0895. The lowest BCUT2D eigenvalue weighted by Gasteiger charge is -2.07. The minimum Gasteiger partial charge on any atom is -0.487 e. The smallest absolute Gasteiger partial charge is 0.148 e. The zero-order chi connectivity index (χ0) is 13.0. The maximum Gasteiger partial charge on any atom is 0.148 e. The number of pyridine rings is 1. The number of halogens is 3. The summed E-state index contributed by atoms with van der Waals surface area (Å²) in [4.78, 5) is 4.07. The summed E-state index contributed by atoms with van der Waals surface area (Å²) >= 11 is 11.3. The van der Waals surface area contributed by atoms with Gasteiger partial charge in [-0.2, -0.15) is 0 Å². The third-order valence-corrected chi connectivity index (χ3v) is 2.93. The molecule has 0 bridgehead atoms. The van der Waals surface area contributed by atoms with Crippen LogP contribution in [0, 0.1) is 5.82 Å². The highest BCUT2D eigenvalue weighted by Gasteiger charge is 2.06. The number of aromatic nitrogens is 1. The van der Waals surface area contributed by atoms with Crippen LogP contribution in [-0.2, 0) is 12.5 Å². The van der Waals surface area contributed by atoms with Crippen molar-refractivity contribution in [2.45, 2.75) is 12.5 Å². The molecule has 5 heteroatoms. The van der Waals surface area contributed by atoms with Crippen molar-refractivity contribution in [3.63, 3.8) is 0 Å². The SMILES string of the molecule is Fc1c(Cl)cccc1COc1ccc(CCl)nc1. The van der Waals surface area contributed by atoms with Gasteiger partial charge in [0, 0.05) is 5.56 Å². The predicted molar refractivity (Wildman–Crippen MR) is 69.5 cm³/mol. The Bertz CT molecular complexity index is 531. The fraction of sp³-hybridized carbons (Fsp3) is 0.154. The van der Waals surface area contributed by atoms with Crippen molar-refractivity contribution in [1.82, 2.24) is 4.98 Å². The minimum atomic E-state index is -0.454. The van der Waals surface area contributed by atoms with Gasteiger partial charge in [0.1, 0.15) is 18.2 Å². The first-order valence-electron chi connectivity index (χ1n) is 5.27. The Balaban J connectivity index is 2.04. The molecule has 0 aliphatic rings. The molecule has 0 atom stereocenters. The number of hydrogen-bond donors (Lipinski definition) is 0. The molecule has 1 heterocycles. The second-order valence-electron chi connectivity index (χ2n) is 3.62. The molecule has 1 aromatic heterocycles. The Morgan fingerprint density at radius 2 is 2.06 bits per heavy atom. The molecule has 0 N–H and O–H groups in total. The van der Waals surface area contributed by atoms with Crippen LogP contribution in [0.5, 0.6) is 5.75 Å². The van der Waals surface area contributed by atoms with E-state index in [1.807, 2.05) is 0 Å². The third kappa shape index (κ3) is 3.12. The van der Waals surface area contributed by atoms with Gasteiger partial charge >= 0.3 is 0 Å². The van der Waals surface area contributed by atoms with Crippen LogP contribution in [-0.4, -0.2) is 4.98 Å². The molecule has 0 saturated heterocycles. The van der Waals surface area contributed by atoms with Gasteiger partial charge in [-0.25, -0.2) is 4.39 Å². The summed E-state index contributed by atoms with van der Waals surface area (Å²) in [5.41, 5.74) is 1.17. The molecule has 2 nitrogen and oxygen atoms in total. The lowest BCUT2D eigenvalue weighted by Crippen LogP contribution is -1.99. The quantitative estimate of drug-likeness (QED) is 0.786. The molecule has 0 aliphatic heterocycles. The molecular formula is C13H10Cl2FNO. The summed E-state index contributed by atoms with van der Waals surface area (Å²) in [7, 11) is 0. The molecule has 18 heavy (non-hydrogen) atoms. The Morgan fingerprint density at radius 3 is 2.72 bits per heavy atom. The first-order valence-corrected chi connectivity index (χ1v) is 6.18. The van der Waals surface area contributed by atoms with E-state index < -0.39 is 5.82 Å². The molecule has 0 fully saturated rings. The van der Waals surface area contributed by atoms with E-state index in [0.29, 0.717) is 17.2 Å². The van der Waals surface area contributed by atoms with Crippen LogP contribution in [0.25, 0.3) is 0 Å². The van der Waals surface area contributed by atoms with Gasteiger partial charge in [0.05, 0.1) is 22.8 Å². The predicted octanol–water partition coefficient (Wildman–Crippen LogP) is 4.19. The summed E-state index contributed by atoms with van der Waals surface area (Å²) in [5.74, 6) is 0.455. The highest BCUT2D eigenvalue weighted by Crippen LogP contribution is 2.19. The zero-order valence-corrected chi connectivity index (χ0v) is 10.9. The van der Waals surface area contributed by atoms with Gasteiger partial charge in [-0.15, -0.1) is 11.6 Å². The van der Waals surface area contributed by atoms with Gasteiger partial charge in [-0.1, -0.05) is 23.7 Å². The molecular weight excluding hydrogens is 276 g/mol. The van der Waals surface area contributed by atoms with E-state index >= 15 is 0 Å². The standard InChI is InChI=1S/C13H10Cl2FNO/c14-6-10-4-5-11(7-17-10)18-8-9-2-1-3-12(15)13(9)16/h1-5,7H,6,8H2. The molecule has 0 unspecified atom stereocenters. The van der Waals surface area contributed by atoms with Crippen molar-refractivity contribution in [2.75, 3.05) is 0 Å². The number of nitrogens with zero attached hydrogens (tertiary/aromatic N) is 1. The van der Waals surface area contributed by atoms with Crippen LogP contribution >= 0.6 is 23.2 Å². The second kappa shape index (κ2) is 6.03. The van der Waals surface area contributed by atoms with Crippen molar-refractivity contribution in [2.24, 2.45) is 0 Å². The minimum absolute atomic E-state index is 0.0895. The van der Waals surface area contributed by atoms with Gasteiger partial charge in [0.2, 0.25) is 0 Å². The molecule has 2 aromatic rings. The highest BCUT2D eigenvalue weighted by molar-refractivity contribution is 6.30. The first-order chi connectivity index (χ1) is 8.70. The van der Waals surface area contributed by atoms with Crippen molar-refractivity contribution in [3.05, 3.63) is 58.6 Å². The van der Waals surface area contributed by atoms with Crippen LogP contribution < -0.4 is 4.74 Å². The van der Waals surface area contributed by atoms with E-state index in [1.54, 1.807) is 30.5 Å².